The summed E-state index contributed by atoms with van der Waals surface area (Å²) in [6.07, 6.45) is 6.37. The van der Waals surface area contributed by atoms with E-state index in [2.05, 4.69) is 51.1 Å². The lowest BCUT2D eigenvalue weighted by Crippen LogP contribution is -2.24. The van der Waals surface area contributed by atoms with Crippen molar-refractivity contribution in [1.29, 1.82) is 0 Å². The van der Waals surface area contributed by atoms with Gasteiger partial charge in [0.25, 0.3) is 5.91 Å². The summed E-state index contributed by atoms with van der Waals surface area (Å²) in [6, 6.07) is 9.01. The summed E-state index contributed by atoms with van der Waals surface area (Å²) in [7, 11) is 3.35. The van der Waals surface area contributed by atoms with E-state index in [0.717, 1.165) is 5.69 Å². The van der Waals surface area contributed by atoms with Crippen molar-refractivity contribution in [1.82, 2.24) is 45.2 Å². The molecule has 0 aliphatic carbocycles. The van der Waals surface area contributed by atoms with Gasteiger partial charge in [-0.05, 0) is 32.9 Å². The number of pyridine rings is 1. The molecular formula is C28H29N11O3. The Balaban J connectivity index is 1.49. The maximum atomic E-state index is 12.9. The number of aryl methyl sites for hydroxylation is 3. The Hall–Kier alpha value is -5.50. The molecule has 0 aliphatic rings. The van der Waals surface area contributed by atoms with Gasteiger partial charge in [0.2, 0.25) is 0 Å². The number of ether oxygens (including phenoxy) is 1. The third kappa shape index (κ3) is 6.28. The number of methoxy groups -OCH3 is 1. The van der Waals surface area contributed by atoms with Crippen LogP contribution < -0.4 is 20.9 Å². The van der Waals surface area contributed by atoms with E-state index in [4.69, 9.17) is 9.57 Å². The molecule has 5 rings (SSSR count). The average molecular weight is 568 g/mol. The monoisotopic (exact) mass is 567 g/mol. The Bertz CT molecular complexity index is 1700. The van der Waals surface area contributed by atoms with Gasteiger partial charge in [0.15, 0.2) is 17.4 Å². The van der Waals surface area contributed by atoms with Crippen molar-refractivity contribution >= 4 is 28.9 Å². The molecule has 0 atom stereocenters. The molecule has 0 radical (unpaired) electrons. The van der Waals surface area contributed by atoms with Crippen molar-refractivity contribution in [3.8, 4) is 28.5 Å². The smallest absolute Gasteiger partial charge is 0.278 e. The number of rotatable bonds is 10. The Morgan fingerprint density at radius 1 is 0.929 bits per heavy atom. The van der Waals surface area contributed by atoms with Crippen LogP contribution in [0.5, 0.6) is 5.75 Å². The van der Waals surface area contributed by atoms with Gasteiger partial charge in [-0.2, -0.15) is 5.10 Å². The van der Waals surface area contributed by atoms with Crippen LogP contribution in [0.2, 0.25) is 0 Å². The van der Waals surface area contributed by atoms with E-state index < -0.39 is 5.91 Å². The minimum Gasteiger partial charge on any atom is -0.494 e. The van der Waals surface area contributed by atoms with Crippen molar-refractivity contribution in [3.63, 3.8) is 0 Å². The van der Waals surface area contributed by atoms with Gasteiger partial charge < -0.3 is 15.4 Å². The molecule has 0 unspecified atom stereocenters. The van der Waals surface area contributed by atoms with Gasteiger partial charge in [0.05, 0.1) is 41.8 Å². The Morgan fingerprint density at radius 3 is 2.43 bits per heavy atom. The van der Waals surface area contributed by atoms with Gasteiger partial charge in [0.1, 0.15) is 23.8 Å². The van der Waals surface area contributed by atoms with E-state index in [1.165, 1.54) is 6.20 Å². The highest BCUT2D eigenvalue weighted by atomic mass is 16.6. The molecule has 0 spiro atoms. The van der Waals surface area contributed by atoms with E-state index in [1.54, 1.807) is 56.6 Å². The molecule has 4 heterocycles. The second-order valence-corrected chi connectivity index (χ2v) is 9.09. The summed E-state index contributed by atoms with van der Waals surface area (Å²) in [6.45, 7) is 5.77. The quantitative estimate of drug-likeness (QED) is 0.208. The zero-order chi connectivity index (χ0) is 29.6. The summed E-state index contributed by atoms with van der Waals surface area (Å²) < 4.78 is 7.41. The molecule has 5 aromatic rings. The number of amides is 1. The fraction of sp³-hybridized carbons (Fsp3) is 0.214. The summed E-state index contributed by atoms with van der Waals surface area (Å²) in [5.41, 5.74) is 5.83. The number of nitrogens with one attached hydrogen (secondary N) is 3. The van der Waals surface area contributed by atoms with Crippen LogP contribution >= 0.6 is 0 Å². The van der Waals surface area contributed by atoms with E-state index in [9.17, 15) is 4.79 Å². The molecule has 3 N–H and O–H groups in total. The summed E-state index contributed by atoms with van der Waals surface area (Å²) in [4.78, 5) is 44.5. The maximum Gasteiger partial charge on any atom is 0.278 e. The number of hydrogen-bond donors (Lipinski definition) is 3. The van der Waals surface area contributed by atoms with Gasteiger partial charge in [-0.3, -0.25) is 14.3 Å². The largest absolute Gasteiger partial charge is 0.494 e. The molecule has 1 aromatic carbocycles. The topological polar surface area (TPSA) is 167 Å². The standard InChI is InChI=1S/C28H29N11O3/c1-6-42-38-28(40)20-14-29-23(36-24-10-16(2)33-17(3)34-24)11-22(20)35-21-9-7-8-19(25(21)41-5)27-30-12-18(13-31-27)26-32-15-39(4)37-26/h7-15H,6H2,1-5H3,(H,38,40)(H2,29,33,34,35,36). The second kappa shape index (κ2) is 12.3. The highest BCUT2D eigenvalue weighted by molar-refractivity contribution is 6.00. The van der Waals surface area contributed by atoms with Crippen molar-refractivity contribution < 1.29 is 14.4 Å². The lowest BCUT2D eigenvalue weighted by molar-refractivity contribution is 0.0365. The third-order valence-corrected chi connectivity index (χ3v) is 5.92. The number of aromatic nitrogens is 8. The molecule has 0 fully saturated rings. The number of anilines is 4. The molecule has 0 saturated heterocycles. The minimum absolute atomic E-state index is 0.250. The van der Waals surface area contributed by atoms with Crippen molar-refractivity contribution in [2.75, 3.05) is 24.4 Å². The van der Waals surface area contributed by atoms with Gasteiger partial charge in [-0.25, -0.2) is 35.4 Å². The highest BCUT2D eigenvalue weighted by Gasteiger charge is 2.19. The molecule has 1 amide bonds. The van der Waals surface area contributed by atoms with Gasteiger partial charge >= 0.3 is 0 Å². The van der Waals surface area contributed by atoms with Gasteiger partial charge in [0, 0.05) is 43.5 Å². The van der Waals surface area contributed by atoms with Crippen LogP contribution in [-0.2, 0) is 11.9 Å². The highest BCUT2D eigenvalue weighted by Crippen LogP contribution is 2.37. The molecule has 14 nitrogen and oxygen atoms in total. The van der Waals surface area contributed by atoms with E-state index in [-0.39, 0.29) is 5.56 Å². The van der Waals surface area contributed by atoms with Crippen molar-refractivity contribution in [2.45, 2.75) is 20.8 Å². The zero-order valence-electron chi connectivity index (χ0n) is 23.7. The van der Waals surface area contributed by atoms with Crippen LogP contribution in [-0.4, -0.2) is 59.3 Å². The average Bonchev–Trinajstić information content (AvgIpc) is 3.41. The Morgan fingerprint density at radius 2 is 1.74 bits per heavy atom. The van der Waals surface area contributed by atoms with E-state index in [1.807, 2.05) is 32.0 Å². The Labute approximate surface area is 241 Å². The van der Waals surface area contributed by atoms with Crippen molar-refractivity contribution in [3.05, 3.63) is 72.3 Å². The molecule has 42 heavy (non-hydrogen) atoms. The second-order valence-electron chi connectivity index (χ2n) is 9.09. The first kappa shape index (κ1) is 28.0. The first-order chi connectivity index (χ1) is 20.3. The number of hydroxylamine groups is 1. The van der Waals surface area contributed by atoms with Gasteiger partial charge in [-0.15, -0.1) is 0 Å². The molecule has 4 aromatic heterocycles. The fourth-order valence-electron chi connectivity index (χ4n) is 4.14. The number of para-hydroxylation sites is 1. The summed E-state index contributed by atoms with van der Waals surface area (Å²) in [5, 5.41) is 10.8. The Kier molecular flexibility index (Phi) is 8.24. The van der Waals surface area contributed by atoms with Crippen LogP contribution in [0.4, 0.5) is 23.0 Å². The molecular weight excluding hydrogens is 538 g/mol. The maximum absolute atomic E-state index is 12.9. The fourth-order valence-corrected chi connectivity index (χ4v) is 4.14. The summed E-state index contributed by atoms with van der Waals surface area (Å²) in [5.74, 6) is 2.63. The number of benzene rings is 1. The molecule has 0 aliphatic heterocycles. The zero-order valence-corrected chi connectivity index (χ0v) is 23.7. The number of hydrogen-bond acceptors (Lipinski definition) is 12. The molecule has 214 valence electrons. The number of nitrogens with zero attached hydrogens (tertiary/aromatic N) is 8. The number of carbonyl (C=O) groups excluding carboxylic acids is 1. The lowest BCUT2D eigenvalue weighted by Gasteiger charge is -2.17. The molecule has 0 bridgehead atoms. The van der Waals surface area contributed by atoms with Crippen LogP contribution in [0.15, 0.2) is 55.2 Å². The number of carbonyl (C=O) groups is 1. The predicted octanol–water partition coefficient (Wildman–Crippen LogP) is 3.92. The predicted molar refractivity (Wildman–Crippen MR) is 155 cm³/mol. The van der Waals surface area contributed by atoms with Crippen LogP contribution in [0, 0.1) is 13.8 Å². The molecule has 14 heteroatoms. The van der Waals surface area contributed by atoms with Crippen LogP contribution in [0.1, 0.15) is 28.8 Å². The first-order valence-corrected chi connectivity index (χ1v) is 13.0. The minimum atomic E-state index is -0.468. The van der Waals surface area contributed by atoms with E-state index in [0.29, 0.717) is 64.0 Å². The van der Waals surface area contributed by atoms with Gasteiger partial charge in [-0.1, -0.05) is 6.07 Å². The van der Waals surface area contributed by atoms with Crippen molar-refractivity contribution in [2.24, 2.45) is 7.05 Å². The van der Waals surface area contributed by atoms with Crippen LogP contribution in [0.3, 0.4) is 0 Å². The lowest BCUT2D eigenvalue weighted by atomic mass is 10.1. The SMILES string of the molecule is CCONC(=O)c1cnc(Nc2cc(C)nc(C)n2)cc1Nc1cccc(-c2ncc(-c3ncn(C)n3)cn2)c1OC. The first-order valence-electron chi connectivity index (χ1n) is 13.0. The van der Waals surface area contributed by atoms with E-state index >= 15 is 0 Å². The van der Waals surface area contributed by atoms with Crippen LogP contribution in [0.25, 0.3) is 22.8 Å². The summed E-state index contributed by atoms with van der Waals surface area (Å²) >= 11 is 0. The third-order valence-electron chi connectivity index (χ3n) is 5.92. The normalized spacial score (nSPS) is 10.8. The molecule has 0 saturated carbocycles.